The Morgan fingerprint density at radius 1 is 1.16 bits per heavy atom. The molecule has 2 aromatic heterocycles. The first-order valence-electron chi connectivity index (χ1n) is 9.40. The number of pyridine rings is 1. The molecule has 11 heteroatoms. The van der Waals surface area contributed by atoms with Crippen LogP contribution in [-0.4, -0.2) is 33.5 Å². The first-order valence-corrected chi connectivity index (χ1v) is 9.40. The molecule has 31 heavy (non-hydrogen) atoms. The number of aryl methyl sites for hydroxylation is 2. The molecule has 2 heterocycles. The van der Waals surface area contributed by atoms with E-state index in [9.17, 15) is 22.0 Å². The Kier molecular flexibility index (Phi) is 8.86. The lowest BCUT2D eigenvalue weighted by molar-refractivity contribution is -0.211. The van der Waals surface area contributed by atoms with Crippen LogP contribution in [0.2, 0.25) is 0 Å². The van der Waals surface area contributed by atoms with Gasteiger partial charge in [-0.05, 0) is 31.4 Å². The van der Waals surface area contributed by atoms with Gasteiger partial charge < -0.3 is 4.74 Å². The van der Waals surface area contributed by atoms with Gasteiger partial charge in [0.15, 0.2) is 11.6 Å². The molecule has 0 spiro atoms. The second-order valence-corrected chi connectivity index (χ2v) is 7.29. The molecule has 0 N–H and O–H groups in total. The molecule has 0 amide bonds. The van der Waals surface area contributed by atoms with Crippen molar-refractivity contribution in [3.63, 3.8) is 0 Å². The smallest absolute Gasteiger partial charge is 0.394 e. The number of halogens is 5. The monoisotopic (exact) mass is 449 g/mol. The highest BCUT2D eigenvalue weighted by atomic mass is 19.4. The zero-order chi connectivity index (χ0) is 24.0. The van der Waals surface area contributed by atoms with Gasteiger partial charge in [0.2, 0.25) is 0 Å². The van der Waals surface area contributed by atoms with Crippen LogP contribution in [0.1, 0.15) is 50.5 Å². The third kappa shape index (κ3) is 6.33. The van der Waals surface area contributed by atoms with Crippen LogP contribution in [0.5, 0.6) is 5.75 Å². The average Bonchev–Trinajstić information content (AvgIpc) is 2.96. The summed E-state index contributed by atoms with van der Waals surface area (Å²) in [5.41, 5.74) is -0.348. The molecule has 0 aliphatic heterocycles. The molecule has 0 saturated heterocycles. The minimum Gasteiger partial charge on any atom is -0.431 e. The van der Waals surface area contributed by atoms with Crippen molar-refractivity contribution in [2.24, 2.45) is 5.41 Å². The van der Waals surface area contributed by atoms with Crippen molar-refractivity contribution in [1.82, 2.24) is 14.5 Å². The number of rotatable bonds is 7. The minimum atomic E-state index is -4.44. The van der Waals surface area contributed by atoms with Crippen molar-refractivity contribution < 1.29 is 36.3 Å². The maximum absolute atomic E-state index is 13.2. The van der Waals surface area contributed by atoms with E-state index in [2.05, 4.69) is 14.7 Å². The Morgan fingerprint density at radius 3 is 2.19 bits per heavy atom. The molecule has 2 aromatic rings. The van der Waals surface area contributed by atoms with Gasteiger partial charge in [-0.25, -0.2) is 9.97 Å². The minimum absolute atomic E-state index is 0.0930. The Morgan fingerprint density at radius 2 is 1.74 bits per heavy atom. The topological polar surface area (TPSA) is 74.1 Å². The van der Waals surface area contributed by atoms with E-state index in [0.29, 0.717) is 18.7 Å². The van der Waals surface area contributed by atoms with Crippen LogP contribution in [0.15, 0.2) is 12.3 Å². The fourth-order valence-corrected chi connectivity index (χ4v) is 3.00. The SMILES string of the molecule is CCc1nc(CC)n(-c2ncc(CC(C)(C)C(F)(F)F)cc2OC(F)F)c1C.O=C=O. The fourth-order valence-electron chi connectivity index (χ4n) is 3.00. The lowest BCUT2D eigenvalue weighted by Crippen LogP contribution is -2.34. The summed E-state index contributed by atoms with van der Waals surface area (Å²) in [6.07, 6.45) is -2.16. The summed E-state index contributed by atoms with van der Waals surface area (Å²) in [5, 5.41) is 0. The number of aromatic nitrogens is 3. The van der Waals surface area contributed by atoms with Crippen LogP contribution in [-0.2, 0) is 28.9 Å². The number of hydrogen-bond donors (Lipinski definition) is 0. The van der Waals surface area contributed by atoms with Crippen molar-refractivity contribution in [3.8, 4) is 11.6 Å². The Balaban J connectivity index is 0.00000151. The summed E-state index contributed by atoms with van der Waals surface area (Å²) < 4.78 is 71.7. The molecule has 172 valence electrons. The van der Waals surface area contributed by atoms with Gasteiger partial charge in [-0.15, -0.1) is 0 Å². The molecule has 0 aromatic carbocycles. The first-order chi connectivity index (χ1) is 14.3. The third-order valence-electron chi connectivity index (χ3n) is 4.66. The van der Waals surface area contributed by atoms with E-state index in [-0.39, 0.29) is 23.3 Å². The molecule has 0 saturated carbocycles. The zero-order valence-corrected chi connectivity index (χ0v) is 17.8. The van der Waals surface area contributed by atoms with Crippen molar-refractivity contribution in [1.29, 1.82) is 0 Å². The van der Waals surface area contributed by atoms with Crippen molar-refractivity contribution in [3.05, 3.63) is 35.0 Å². The molecule has 0 radical (unpaired) electrons. The molecule has 0 atom stereocenters. The first kappa shape index (κ1) is 26.2. The fraction of sp³-hybridized carbons (Fsp3) is 0.550. The molecule has 6 nitrogen and oxygen atoms in total. The van der Waals surface area contributed by atoms with E-state index >= 15 is 0 Å². The van der Waals surface area contributed by atoms with Crippen LogP contribution in [0.25, 0.3) is 5.82 Å². The lowest BCUT2D eigenvalue weighted by Gasteiger charge is -2.28. The van der Waals surface area contributed by atoms with E-state index < -0.39 is 24.6 Å². The van der Waals surface area contributed by atoms with Gasteiger partial charge in [0.1, 0.15) is 5.82 Å². The predicted octanol–water partition coefficient (Wildman–Crippen LogP) is 4.85. The second kappa shape index (κ2) is 10.5. The Bertz CT molecular complexity index is 918. The predicted molar refractivity (Wildman–Crippen MR) is 100 cm³/mol. The number of carbonyl (C=O) groups excluding carboxylic acids is 2. The van der Waals surface area contributed by atoms with Gasteiger partial charge in [-0.2, -0.15) is 31.5 Å². The van der Waals surface area contributed by atoms with E-state index in [1.807, 2.05) is 13.8 Å². The number of alkyl halides is 5. The quantitative estimate of drug-likeness (QED) is 0.565. The van der Waals surface area contributed by atoms with Gasteiger partial charge in [0, 0.05) is 18.3 Å². The van der Waals surface area contributed by atoms with Gasteiger partial charge in [0.05, 0.1) is 11.1 Å². The van der Waals surface area contributed by atoms with Crippen LogP contribution in [0.3, 0.4) is 0 Å². The maximum atomic E-state index is 13.2. The summed E-state index contributed by atoms with van der Waals surface area (Å²) in [6.45, 7) is 4.55. The number of nitrogens with zero attached hydrogens (tertiary/aromatic N) is 3. The van der Waals surface area contributed by atoms with E-state index in [4.69, 9.17) is 9.59 Å². The number of imidazole rings is 1. The van der Waals surface area contributed by atoms with Crippen LogP contribution in [0.4, 0.5) is 22.0 Å². The number of ether oxygens (including phenoxy) is 1. The summed E-state index contributed by atoms with van der Waals surface area (Å²) in [5.74, 6) is 0.433. The van der Waals surface area contributed by atoms with Crippen molar-refractivity contribution in [2.75, 3.05) is 0 Å². The van der Waals surface area contributed by atoms with Crippen molar-refractivity contribution >= 4 is 6.15 Å². The highest BCUT2D eigenvalue weighted by Gasteiger charge is 2.47. The zero-order valence-electron chi connectivity index (χ0n) is 17.8. The average molecular weight is 449 g/mol. The van der Waals surface area contributed by atoms with Crippen LogP contribution in [0, 0.1) is 12.3 Å². The molecule has 0 bridgehead atoms. The maximum Gasteiger partial charge on any atom is 0.394 e. The molecule has 0 unspecified atom stereocenters. The van der Waals surface area contributed by atoms with Gasteiger partial charge in [-0.1, -0.05) is 27.7 Å². The van der Waals surface area contributed by atoms with Crippen LogP contribution >= 0.6 is 0 Å². The largest absolute Gasteiger partial charge is 0.431 e. The highest BCUT2D eigenvalue weighted by Crippen LogP contribution is 2.41. The van der Waals surface area contributed by atoms with E-state index in [0.717, 1.165) is 25.2 Å². The van der Waals surface area contributed by atoms with Gasteiger partial charge >= 0.3 is 18.9 Å². The Hall–Kier alpha value is -2.81. The summed E-state index contributed by atoms with van der Waals surface area (Å²) in [7, 11) is 0. The third-order valence-corrected chi connectivity index (χ3v) is 4.66. The summed E-state index contributed by atoms with van der Waals surface area (Å²) in [4.78, 5) is 24.9. The van der Waals surface area contributed by atoms with Crippen LogP contribution < -0.4 is 4.74 Å². The summed E-state index contributed by atoms with van der Waals surface area (Å²) in [6, 6.07) is 1.20. The highest BCUT2D eigenvalue weighted by molar-refractivity contribution is 5.46. The van der Waals surface area contributed by atoms with Crippen molar-refractivity contribution in [2.45, 2.75) is 66.7 Å². The summed E-state index contributed by atoms with van der Waals surface area (Å²) >= 11 is 0. The van der Waals surface area contributed by atoms with E-state index in [1.165, 1.54) is 12.3 Å². The van der Waals surface area contributed by atoms with Gasteiger partial charge in [0.25, 0.3) is 0 Å². The van der Waals surface area contributed by atoms with Gasteiger partial charge in [-0.3, -0.25) is 4.57 Å². The molecule has 0 fully saturated rings. The number of hydrogen-bond acceptors (Lipinski definition) is 5. The molecular formula is C20H24F5N3O3. The second-order valence-electron chi connectivity index (χ2n) is 7.29. The molecule has 0 aliphatic rings. The molecule has 2 rings (SSSR count). The molecular weight excluding hydrogens is 425 g/mol. The Labute approximate surface area is 176 Å². The normalized spacial score (nSPS) is 11.7. The standard InChI is InChI=1S/C19H24F5N3O.CO2/c1-6-13-11(3)27(15(7-2)26-13)16-14(28-17(20)21)8-12(10-25-16)9-18(4,5)19(22,23)24;2-1-3/h8,10,17H,6-7,9H2,1-5H3;. The lowest BCUT2D eigenvalue weighted by atomic mass is 9.85. The van der Waals surface area contributed by atoms with E-state index in [1.54, 1.807) is 11.5 Å². The molecule has 0 aliphatic carbocycles.